The molecule has 0 saturated carbocycles. The molecule has 0 atom stereocenters. The van der Waals surface area contributed by atoms with Crippen molar-refractivity contribution in [3.8, 4) is 6.07 Å². The van der Waals surface area contributed by atoms with Crippen LogP contribution in [0.3, 0.4) is 0 Å². The molecule has 0 radical (unpaired) electrons. The molecule has 24 heavy (non-hydrogen) atoms. The average molecular weight is 362 g/mol. The van der Waals surface area contributed by atoms with Crippen LogP contribution < -0.4 is 0 Å². The van der Waals surface area contributed by atoms with Crippen LogP contribution in [0.15, 0.2) is 23.1 Å². The van der Waals surface area contributed by atoms with Crippen molar-refractivity contribution in [2.24, 2.45) is 5.92 Å². The summed E-state index contributed by atoms with van der Waals surface area (Å²) in [4.78, 5) is 9.96. The monoisotopic (exact) mass is 362 g/mol. The highest BCUT2D eigenvalue weighted by atomic mass is 32.2. The number of halogens is 3. The fraction of sp³-hybridized carbons (Fsp3) is 0.429. The Morgan fingerprint density at radius 3 is 2.33 bits per heavy atom. The minimum atomic E-state index is -4.94. The van der Waals surface area contributed by atoms with Crippen molar-refractivity contribution in [1.29, 1.82) is 5.26 Å². The molecule has 0 aliphatic carbocycles. The quantitative estimate of drug-likeness (QED) is 0.887. The minimum absolute atomic E-state index is 0.0339. The maximum atomic E-state index is 13.2. The van der Waals surface area contributed by atoms with Crippen LogP contribution in [-0.2, 0) is 21.0 Å². The van der Waals surface area contributed by atoms with E-state index in [0.717, 1.165) is 16.4 Å². The Morgan fingerprint density at radius 2 is 1.88 bits per heavy atom. The van der Waals surface area contributed by atoms with Gasteiger partial charge in [-0.15, -0.1) is 0 Å². The van der Waals surface area contributed by atoms with Gasteiger partial charge in [0.2, 0.25) is 10.0 Å². The summed E-state index contributed by atoms with van der Waals surface area (Å²) in [6, 6.07) is 3.81. The van der Waals surface area contributed by atoms with Gasteiger partial charge < -0.3 is 5.11 Å². The molecule has 0 unspecified atom stereocenters. The number of hydrogen-bond donors (Lipinski definition) is 1. The number of carboxylic acids is 1. The number of nitriles is 1. The molecule has 1 heterocycles. The molecule has 1 aromatic rings. The summed E-state index contributed by atoms with van der Waals surface area (Å²) in [5, 5.41) is 17.6. The number of carboxylic acid groups (broad SMARTS) is 1. The van der Waals surface area contributed by atoms with Gasteiger partial charge in [-0.3, -0.25) is 4.79 Å². The number of benzene rings is 1. The molecule has 0 spiro atoms. The first-order chi connectivity index (χ1) is 11.1. The number of hydrogen-bond acceptors (Lipinski definition) is 4. The zero-order valence-electron chi connectivity index (χ0n) is 12.2. The molecule has 1 aliphatic heterocycles. The predicted molar refractivity (Wildman–Crippen MR) is 75.3 cm³/mol. The molecule has 10 heteroatoms. The molecule has 1 saturated heterocycles. The van der Waals surface area contributed by atoms with Gasteiger partial charge in [-0.25, -0.2) is 8.42 Å². The van der Waals surface area contributed by atoms with Crippen molar-refractivity contribution in [2.45, 2.75) is 23.9 Å². The SMILES string of the molecule is N#Cc1ccc(S(=O)(=O)N2CCC(C(=O)O)CC2)c(C(F)(F)F)c1. The van der Waals surface area contributed by atoms with Crippen molar-refractivity contribution in [3.63, 3.8) is 0 Å². The van der Waals surface area contributed by atoms with Crippen molar-refractivity contribution in [2.75, 3.05) is 13.1 Å². The van der Waals surface area contributed by atoms with Gasteiger partial charge in [-0.1, -0.05) is 0 Å². The molecule has 0 bridgehead atoms. The summed E-state index contributed by atoms with van der Waals surface area (Å²) >= 11 is 0. The number of alkyl halides is 3. The van der Waals surface area contributed by atoms with Gasteiger partial charge in [-0.05, 0) is 31.0 Å². The van der Waals surface area contributed by atoms with Crippen molar-refractivity contribution < 1.29 is 31.5 Å². The third-order valence-electron chi connectivity index (χ3n) is 3.84. The molecular weight excluding hydrogens is 349 g/mol. The van der Waals surface area contributed by atoms with Gasteiger partial charge in [0.25, 0.3) is 0 Å². The lowest BCUT2D eigenvalue weighted by Crippen LogP contribution is -2.40. The third-order valence-corrected chi connectivity index (χ3v) is 5.79. The Hall–Kier alpha value is -2.12. The van der Waals surface area contributed by atoms with Crippen molar-refractivity contribution >= 4 is 16.0 Å². The van der Waals surface area contributed by atoms with E-state index in [2.05, 4.69) is 0 Å². The second kappa shape index (κ2) is 6.41. The fourth-order valence-corrected chi connectivity index (χ4v) is 4.19. The highest BCUT2D eigenvalue weighted by molar-refractivity contribution is 7.89. The zero-order chi connectivity index (χ0) is 18.1. The van der Waals surface area contributed by atoms with E-state index >= 15 is 0 Å². The zero-order valence-corrected chi connectivity index (χ0v) is 13.1. The Balaban J connectivity index is 2.40. The summed E-state index contributed by atoms with van der Waals surface area (Å²) in [5.41, 5.74) is -1.70. The van der Waals surface area contributed by atoms with E-state index in [1.165, 1.54) is 0 Å². The van der Waals surface area contributed by atoms with Crippen LogP contribution in [-0.4, -0.2) is 36.9 Å². The molecule has 1 N–H and O–H groups in total. The molecule has 0 aromatic heterocycles. The topological polar surface area (TPSA) is 98.5 Å². The van der Waals surface area contributed by atoms with Gasteiger partial charge in [0.15, 0.2) is 0 Å². The highest BCUT2D eigenvalue weighted by Gasteiger charge is 2.40. The summed E-state index contributed by atoms with van der Waals surface area (Å²) in [5.74, 6) is -1.76. The number of nitrogens with zero attached hydrogens (tertiary/aromatic N) is 2. The normalized spacial score (nSPS) is 17.4. The standard InChI is InChI=1S/C14H13F3N2O4S/c15-14(16,17)11-7-9(8-18)1-2-12(11)24(22,23)19-5-3-10(4-6-19)13(20)21/h1-2,7,10H,3-6H2,(H,20,21). The Kier molecular flexibility index (Phi) is 4.87. The largest absolute Gasteiger partial charge is 0.481 e. The maximum absolute atomic E-state index is 13.2. The van der Waals surface area contributed by atoms with Crippen LogP contribution in [0.2, 0.25) is 0 Å². The van der Waals surface area contributed by atoms with E-state index in [1.807, 2.05) is 0 Å². The lowest BCUT2D eigenvalue weighted by atomic mass is 9.99. The molecule has 6 nitrogen and oxygen atoms in total. The van der Waals surface area contributed by atoms with Crippen molar-refractivity contribution in [1.82, 2.24) is 4.31 Å². The summed E-state index contributed by atoms with van der Waals surface area (Å²) < 4.78 is 65.4. The lowest BCUT2D eigenvalue weighted by Gasteiger charge is -2.30. The lowest BCUT2D eigenvalue weighted by molar-refractivity contribution is -0.143. The molecule has 2 rings (SSSR count). The second-order valence-corrected chi connectivity index (χ2v) is 7.24. The van der Waals surface area contributed by atoms with Crippen molar-refractivity contribution in [3.05, 3.63) is 29.3 Å². The smallest absolute Gasteiger partial charge is 0.417 e. The number of piperidine rings is 1. The number of rotatable bonds is 3. The van der Waals surface area contributed by atoms with Crippen LogP contribution in [0.4, 0.5) is 13.2 Å². The highest BCUT2D eigenvalue weighted by Crippen LogP contribution is 2.36. The summed E-state index contributed by atoms with van der Waals surface area (Å²) in [7, 11) is -4.44. The third kappa shape index (κ3) is 3.52. The van der Waals surface area contributed by atoms with Gasteiger partial charge in [0.1, 0.15) is 0 Å². The van der Waals surface area contributed by atoms with Gasteiger partial charge >= 0.3 is 12.1 Å². The van der Waals surface area contributed by atoms with E-state index in [4.69, 9.17) is 10.4 Å². The average Bonchev–Trinajstić information content (AvgIpc) is 2.53. The van der Waals surface area contributed by atoms with E-state index < -0.39 is 38.5 Å². The van der Waals surface area contributed by atoms with Gasteiger partial charge in [0, 0.05) is 13.1 Å². The first-order valence-electron chi connectivity index (χ1n) is 6.91. The number of carbonyl (C=O) groups is 1. The molecule has 1 aromatic carbocycles. The van der Waals surface area contributed by atoms with Crippen LogP contribution in [0.25, 0.3) is 0 Å². The van der Waals surface area contributed by atoms with Crippen LogP contribution in [0.5, 0.6) is 0 Å². The van der Waals surface area contributed by atoms with E-state index in [1.54, 1.807) is 6.07 Å². The fourth-order valence-electron chi connectivity index (χ4n) is 2.53. The van der Waals surface area contributed by atoms with E-state index in [0.29, 0.717) is 6.07 Å². The molecule has 0 amide bonds. The first-order valence-corrected chi connectivity index (χ1v) is 8.35. The summed E-state index contributed by atoms with van der Waals surface area (Å²) in [6.45, 7) is -0.340. The predicted octanol–water partition coefficient (Wildman–Crippen LogP) is 2.06. The molecule has 130 valence electrons. The van der Waals surface area contributed by atoms with E-state index in [-0.39, 0.29) is 31.5 Å². The van der Waals surface area contributed by atoms with Crippen LogP contribution >= 0.6 is 0 Å². The van der Waals surface area contributed by atoms with Crippen LogP contribution in [0.1, 0.15) is 24.0 Å². The Morgan fingerprint density at radius 1 is 1.29 bits per heavy atom. The van der Waals surface area contributed by atoms with E-state index in [9.17, 15) is 26.4 Å². The van der Waals surface area contributed by atoms with Gasteiger partial charge in [0.05, 0.1) is 28.0 Å². The minimum Gasteiger partial charge on any atom is -0.481 e. The first kappa shape index (κ1) is 18.2. The van der Waals surface area contributed by atoms with Crippen LogP contribution in [0, 0.1) is 17.2 Å². The molecule has 1 aliphatic rings. The Labute approximate surface area is 136 Å². The Bertz CT molecular complexity index is 791. The number of sulfonamides is 1. The molecule has 1 fully saturated rings. The number of aliphatic carboxylic acids is 1. The van der Waals surface area contributed by atoms with Gasteiger partial charge in [-0.2, -0.15) is 22.7 Å². The maximum Gasteiger partial charge on any atom is 0.417 e. The molecular formula is C14H13F3N2O4S. The summed E-state index contributed by atoms with van der Waals surface area (Å²) in [6.07, 6.45) is -4.87. The second-order valence-electron chi connectivity index (χ2n) is 5.34.